The largest absolute Gasteiger partial charge is 0.480 e. The maximum Gasteiger partial charge on any atom is 0.329 e. The summed E-state index contributed by atoms with van der Waals surface area (Å²) < 4.78 is 0. The van der Waals surface area contributed by atoms with Gasteiger partial charge in [-0.2, -0.15) is 0 Å². The van der Waals surface area contributed by atoms with Crippen LogP contribution in [0.25, 0.3) is 0 Å². The SMILES string of the molecule is CC1CN(C(=O)NC2(C(=O)O)CCC2)CCN1C. The summed E-state index contributed by atoms with van der Waals surface area (Å²) >= 11 is 0. The number of amides is 2. The molecule has 1 heterocycles. The minimum absolute atomic E-state index is 0.239. The molecular weight excluding hydrogens is 234 g/mol. The number of piperazine rings is 1. The van der Waals surface area contributed by atoms with Crippen LogP contribution in [0.2, 0.25) is 0 Å². The summed E-state index contributed by atoms with van der Waals surface area (Å²) in [6, 6.07) is 0.0729. The molecule has 0 aromatic rings. The lowest BCUT2D eigenvalue weighted by Gasteiger charge is -2.42. The molecule has 6 nitrogen and oxygen atoms in total. The Balaban J connectivity index is 1.94. The Morgan fingerprint density at radius 3 is 2.44 bits per heavy atom. The lowest BCUT2D eigenvalue weighted by molar-refractivity contribution is -0.148. The van der Waals surface area contributed by atoms with E-state index in [1.807, 2.05) is 7.05 Å². The van der Waals surface area contributed by atoms with Crippen LogP contribution in [0, 0.1) is 0 Å². The third-order valence-corrected chi connectivity index (χ3v) is 4.21. The highest BCUT2D eigenvalue weighted by Gasteiger charge is 2.46. The molecular formula is C12H21N3O3. The van der Waals surface area contributed by atoms with Crippen LogP contribution in [0.15, 0.2) is 0 Å². The highest BCUT2D eigenvalue weighted by Crippen LogP contribution is 2.32. The van der Waals surface area contributed by atoms with Gasteiger partial charge in [0.1, 0.15) is 5.54 Å². The van der Waals surface area contributed by atoms with Crippen molar-refractivity contribution in [2.24, 2.45) is 0 Å². The predicted molar refractivity (Wildman–Crippen MR) is 66.4 cm³/mol. The Morgan fingerprint density at radius 2 is 2.00 bits per heavy atom. The molecule has 2 N–H and O–H groups in total. The van der Waals surface area contributed by atoms with Gasteiger partial charge in [0.15, 0.2) is 0 Å². The second kappa shape index (κ2) is 4.76. The van der Waals surface area contributed by atoms with E-state index >= 15 is 0 Å². The van der Waals surface area contributed by atoms with E-state index in [9.17, 15) is 14.7 Å². The molecule has 1 saturated carbocycles. The molecule has 1 aliphatic carbocycles. The smallest absolute Gasteiger partial charge is 0.329 e. The molecule has 102 valence electrons. The Bertz CT molecular complexity index is 354. The summed E-state index contributed by atoms with van der Waals surface area (Å²) in [5.74, 6) is -0.913. The van der Waals surface area contributed by atoms with Gasteiger partial charge in [-0.3, -0.25) is 0 Å². The average Bonchev–Trinajstić information content (AvgIpc) is 2.26. The number of carboxylic acids is 1. The first-order chi connectivity index (χ1) is 8.44. The number of aliphatic carboxylic acids is 1. The van der Waals surface area contributed by atoms with Gasteiger partial charge in [0, 0.05) is 25.7 Å². The van der Waals surface area contributed by atoms with Gasteiger partial charge in [-0.15, -0.1) is 0 Å². The summed E-state index contributed by atoms with van der Waals surface area (Å²) in [6.07, 6.45) is 1.94. The molecule has 2 aliphatic rings. The molecule has 1 aliphatic heterocycles. The van der Waals surface area contributed by atoms with E-state index in [1.165, 1.54) is 0 Å². The van der Waals surface area contributed by atoms with E-state index in [1.54, 1.807) is 4.90 Å². The van der Waals surface area contributed by atoms with Crippen LogP contribution in [0.3, 0.4) is 0 Å². The highest BCUT2D eigenvalue weighted by atomic mass is 16.4. The van der Waals surface area contributed by atoms with Gasteiger partial charge in [0.2, 0.25) is 0 Å². The molecule has 1 atom stereocenters. The van der Waals surface area contributed by atoms with Crippen molar-refractivity contribution in [2.75, 3.05) is 26.7 Å². The van der Waals surface area contributed by atoms with Crippen molar-refractivity contribution in [2.45, 2.75) is 37.8 Å². The van der Waals surface area contributed by atoms with Crippen LogP contribution in [0.1, 0.15) is 26.2 Å². The van der Waals surface area contributed by atoms with Gasteiger partial charge < -0.3 is 20.2 Å². The van der Waals surface area contributed by atoms with Gasteiger partial charge >= 0.3 is 12.0 Å². The number of carbonyl (C=O) groups excluding carboxylic acids is 1. The predicted octanol–water partition coefficient (Wildman–Crippen LogP) is 0.339. The normalized spacial score (nSPS) is 27.4. The van der Waals surface area contributed by atoms with Gasteiger partial charge in [-0.1, -0.05) is 0 Å². The van der Waals surface area contributed by atoms with Crippen molar-refractivity contribution in [1.29, 1.82) is 0 Å². The van der Waals surface area contributed by atoms with E-state index in [-0.39, 0.29) is 6.03 Å². The topological polar surface area (TPSA) is 72.9 Å². The number of rotatable bonds is 2. The zero-order valence-electron chi connectivity index (χ0n) is 11.0. The fraction of sp³-hybridized carbons (Fsp3) is 0.833. The Labute approximate surface area is 107 Å². The second-order valence-electron chi connectivity index (χ2n) is 5.45. The van der Waals surface area contributed by atoms with E-state index < -0.39 is 11.5 Å². The van der Waals surface area contributed by atoms with Crippen LogP contribution >= 0.6 is 0 Å². The quantitative estimate of drug-likeness (QED) is 0.746. The molecule has 1 unspecified atom stereocenters. The van der Waals surface area contributed by atoms with Crippen LogP contribution in [-0.2, 0) is 4.79 Å². The fourth-order valence-electron chi connectivity index (χ4n) is 2.44. The molecule has 0 radical (unpaired) electrons. The number of carbonyl (C=O) groups is 2. The zero-order chi connectivity index (χ0) is 13.3. The minimum atomic E-state index is -1.01. The van der Waals surface area contributed by atoms with Gasteiger partial charge in [-0.05, 0) is 33.2 Å². The molecule has 0 spiro atoms. The van der Waals surface area contributed by atoms with Crippen LogP contribution in [-0.4, -0.2) is 65.2 Å². The van der Waals surface area contributed by atoms with E-state index in [4.69, 9.17) is 0 Å². The Kier molecular flexibility index (Phi) is 3.47. The van der Waals surface area contributed by atoms with Gasteiger partial charge in [0.25, 0.3) is 0 Å². The molecule has 6 heteroatoms. The maximum atomic E-state index is 12.1. The number of nitrogens with one attached hydrogen (secondary N) is 1. The van der Waals surface area contributed by atoms with Gasteiger partial charge in [-0.25, -0.2) is 9.59 Å². The summed E-state index contributed by atoms with van der Waals surface area (Å²) in [7, 11) is 2.03. The van der Waals surface area contributed by atoms with Crippen molar-refractivity contribution in [3.8, 4) is 0 Å². The molecule has 2 amide bonds. The van der Waals surface area contributed by atoms with E-state index in [2.05, 4.69) is 17.1 Å². The second-order valence-corrected chi connectivity index (χ2v) is 5.45. The molecule has 2 fully saturated rings. The fourth-order valence-corrected chi connectivity index (χ4v) is 2.44. The molecule has 0 aromatic heterocycles. The van der Waals surface area contributed by atoms with E-state index in [0.717, 1.165) is 13.0 Å². The van der Waals surface area contributed by atoms with E-state index in [0.29, 0.717) is 32.0 Å². The monoisotopic (exact) mass is 255 g/mol. The highest BCUT2D eigenvalue weighted by molar-refractivity contribution is 5.87. The lowest BCUT2D eigenvalue weighted by Crippen LogP contribution is -2.64. The number of carboxylic acid groups (broad SMARTS) is 1. The number of likely N-dealkylation sites (N-methyl/N-ethyl adjacent to an activating group) is 1. The van der Waals surface area contributed by atoms with Crippen molar-refractivity contribution in [3.63, 3.8) is 0 Å². The molecule has 0 aromatic carbocycles. The first-order valence-electron chi connectivity index (χ1n) is 6.45. The average molecular weight is 255 g/mol. The summed E-state index contributed by atoms with van der Waals surface area (Å²) in [5.41, 5.74) is -1.01. The third kappa shape index (κ3) is 2.29. The number of hydrogen-bond acceptors (Lipinski definition) is 3. The van der Waals surface area contributed by atoms with Crippen molar-refractivity contribution < 1.29 is 14.7 Å². The number of nitrogens with zero attached hydrogens (tertiary/aromatic N) is 2. The van der Waals surface area contributed by atoms with Gasteiger partial charge in [0.05, 0.1) is 0 Å². The standard InChI is InChI=1S/C12H21N3O3/c1-9-8-15(7-6-14(9)2)11(18)13-12(10(16)17)4-3-5-12/h9H,3-8H2,1-2H3,(H,13,18)(H,16,17). The van der Waals surface area contributed by atoms with Crippen molar-refractivity contribution >= 4 is 12.0 Å². The van der Waals surface area contributed by atoms with Crippen LogP contribution in [0.5, 0.6) is 0 Å². The maximum absolute atomic E-state index is 12.1. The molecule has 1 saturated heterocycles. The molecule has 0 bridgehead atoms. The number of urea groups is 1. The summed E-state index contributed by atoms with van der Waals surface area (Å²) in [4.78, 5) is 27.2. The summed E-state index contributed by atoms with van der Waals surface area (Å²) in [6.45, 7) is 4.20. The Hall–Kier alpha value is -1.30. The number of hydrogen-bond donors (Lipinski definition) is 2. The first kappa shape index (κ1) is 13.1. The first-order valence-corrected chi connectivity index (χ1v) is 6.45. The van der Waals surface area contributed by atoms with Crippen LogP contribution in [0.4, 0.5) is 4.79 Å². The zero-order valence-corrected chi connectivity index (χ0v) is 11.0. The minimum Gasteiger partial charge on any atom is -0.480 e. The Morgan fingerprint density at radius 1 is 1.33 bits per heavy atom. The lowest BCUT2D eigenvalue weighted by atomic mass is 9.77. The molecule has 18 heavy (non-hydrogen) atoms. The third-order valence-electron chi connectivity index (χ3n) is 4.21. The van der Waals surface area contributed by atoms with Crippen LogP contribution < -0.4 is 5.32 Å². The van der Waals surface area contributed by atoms with Crippen molar-refractivity contribution in [3.05, 3.63) is 0 Å². The molecule has 2 rings (SSSR count). The van der Waals surface area contributed by atoms with Crippen molar-refractivity contribution in [1.82, 2.24) is 15.1 Å². The summed E-state index contributed by atoms with van der Waals surface area (Å²) in [5, 5.41) is 11.9.